The third-order valence-corrected chi connectivity index (χ3v) is 3.25. The molecule has 1 fully saturated rings. The summed E-state index contributed by atoms with van der Waals surface area (Å²) in [5.74, 6) is 0. The van der Waals surface area contributed by atoms with Crippen molar-refractivity contribution in [3.8, 4) is 0 Å². The van der Waals surface area contributed by atoms with Crippen LogP contribution in [0.15, 0.2) is 11.8 Å². The zero-order chi connectivity index (χ0) is 14.6. The summed E-state index contributed by atoms with van der Waals surface area (Å²) in [6.07, 6.45) is 7.83. The maximum Gasteiger partial charge on any atom is 0.242 e. The van der Waals surface area contributed by atoms with E-state index < -0.39 is 0 Å². The van der Waals surface area contributed by atoms with Gasteiger partial charge in [0.25, 0.3) is 0 Å². The highest BCUT2D eigenvalue weighted by molar-refractivity contribution is 4.91. The van der Waals surface area contributed by atoms with Gasteiger partial charge in [0.15, 0.2) is 6.29 Å². The molecule has 1 N–H and O–H groups in total. The minimum atomic E-state index is -0.331. The first-order valence-electron chi connectivity index (χ1n) is 7.41. The molecule has 0 aliphatic carbocycles. The van der Waals surface area contributed by atoms with Gasteiger partial charge in [0, 0.05) is 19.6 Å². The molecular formula is C14H25NO5. The lowest BCUT2D eigenvalue weighted by molar-refractivity contribution is -0.428. The summed E-state index contributed by atoms with van der Waals surface area (Å²) in [5, 5.41) is 19.5. The van der Waals surface area contributed by atoms with Gasteiger partial charge in [-0.15, -0.1) is 0 Å². The van der Waals surface area contributed by atoms with Gasteiger partial charge in [0.2, 0.25) is 5.70 Å². The predicted molar refractivity (Wildman–Crippen MR) is 74.8 cm³/mol. The van der Waals surface area contributed by atoms with Gasteiger partial charge < -0.3 is 14.6 Å². The number of aliphatic hydroxyl groups is 1. The molecule has 1 aliphatic heterocycles. The van der Waals surface area contributed by atoms with Crippen LogP contribution in [0, 0.1) is 10.1 Å². The number of hydrogen-bond acceptors (Lipinski definition) is 5. The Bertz CT molecular complexity index is 300. The molecule has 6 heteroatoms. The number of ether oxygens (including phenoxy) is 2. The minimum Gasteiger partial charge on any atom is -0.396 e. The summed E-state index contributed by atoms with van der Waals surface area (Å²) in [5.41, 5.74) is 0.243. The number of unbranched alkanes of at least 4 members (excludes halogenated alkanes) is 2. The summed E-state index contributed by atoms with van der Waals surface area (Å²) < 4.78 is 11.0. The van der Waals surface area contributed by atoms with Crippen LogP contribution in [0.3, 0.4) is 0 Å². The lowest BCUT2D eigenvalue weighted by Gasteiger charge is -2.22. The van der Waals surface area contributed by atoms with Crippen LogP contribution in [0.5, 0.6) is 0 Å². The van der Waals surface area contributed by atoms with Gasteiger partial charge in [0.1, 0.15) is 0 Å². The second kappa shape index (κ2) is 10.8. The minimum absolute atomic E-state index is 0.0836. The number of aliphatic hydroxyl groups excluding tert-OH is 1. The average molecular weight is 287 g/mol. The zero-order valence-electron chi connectivity index (χ0n) is 12.0. The molecule has 20 heavy (non-hydrogen) atoms. The van der Waals surface area contributed by atoms with Gasteiger partial charge in [-0.1, -0.05) is 0 Å². The van der Waals surface area contributed by atoms with E-state index in [1.807, 2.05) is 0 Å². The van der Waals surface area contributed by atoms with Gasteiger partial charge in [-0.3, -0.25) is 10.1 Å². The van der Waals surface area contributed by atoms with Crippen molar-refractivity contribution < 1.29 is 19.5 Å². The Balaban J connectivity index is 2.14. The summed E-state index contributed by atoms with van der Waals surface area (Å²) in [7, 11) is 0. The first-order chi connectivity index (χ1) is 9.74. The smallest absolute Gasteiger partial charge is 0.242 e. The molecule has 0 aromatic carbocycles. The monoisotopic (exact) mass is 287 g/mol. The van der Waals surface area contributed by atoms with E-state index in [0.717, 1.165) is 32.3 Å². The topological polar surface area (TPSA) is 81.8 Å². The Hall–Kier alpha value is -0.980. The average Bonchev–Trinajstić information content (AvgIpc) is 2.46. The van der Waals surface area contributed by atoms with E-state index in [9.17, 15) is 10.1 Å². The summed E-state index contributed by atoms with van der Waals surface area (Å²) in [6, 6.07) is 0. The van der Waals surface area contributed by atoms with Crippen LogP contribution in [0.1, 0.15) is 51.4 Å². The van der Waals surface area contributed by atoms with Crippen molar-refractivity contribution in [2.45, 2.75) is 57.7 Å². The highest BCUT2D eigenvalue weighted by Gasteiger charge is 2.13. The van der Waals surface area contributed by atoms with Crippen LogP contribution < -0.4 is 0 Å². The van der Waals surface area contributed by atoms with Crippen molar-refractivity contribution in [2.75, 3.05) is 19.8 Å². The number of allylic oxidation sites excluding steroid dienone is 2. The van der Waals surface area contributed by atoms with Gasteiger partial charge in [-0.2, -0.15) is 0 Å². The summed E-state index contributed by atoms with van der Waals surface area (Å²) in [6.45, 7) is 1.42. The highest BCUT2D eigenvalue weighted by atomic mass is 16.7. The Morgan fingerprint density at radius 3 is 2.90 bits per heavy atom. The van der Waals surface area contributed by atoms with Crippen molar-refractivity contribution in [3.05, 3.63) is 21.9 Å². The molecule has 0 amide bonds. The van der Waals surface area contributed by atoms with Crippen LogP contribution in [0.2, 0.25) is 0 Å². The largest absolute Gasteiger partial charge is 0.396 e. The fourth-order valence-corrected chi connectivity index (χ4v) is 2.10. The second-order valence-electron chi connectivity index (χ2n) is 4.94. The van der Waals surface area contributed by atoms with E-state index >= 15 is 0 Å². The number of nitrogens with zero attached hydrogens (tertiary/aromatic N) is 1. The molecule has 1 unspecified atom stereocenters. The quantitative estimate of drug-likeness (QED) is 0.379. The molecule has 1 atom stereocenters. The maximum atomic E-state index is 10.8. The van der Waals surface area contributed by atoms with Crippen molar-refractivity contribution in [1.82, 2.24) is 0 Å². The Morgan fingerprint density at radius 2 is 2.25 bits per heavy atom. The number of rotatable bonds is 10. The molecule has 1 aliphatic rings. The van der Waals surface area contributed by atoms with Crippen LogP contribution >= 0.6 is 0 Å². The normalized spacial score (nSPS) is 20.1. The zero-order valence-corrected chi connectivity index (χ0v) is 12.0. The maximum absolute atomic E-state index is 10.8. The first kappa shape index (κ1) is 17.1. The fourth-order valence-electron chi connectivity index (χ4n) is 2.10. The van der Waals surface area contributed by atoms with Gasteiger partial charge in [-0.05, 0) is 51.0 Å². The molecule has 1 rings (SSSR count). The predicted octanol–water partition coefficient (Wildman–Crippen LogP) is 2.63. The number of hydrogen-bond donors (Lipinski definition) is 1. The van der Waals surface area contributed by atoms with E-state index in [-0.39, 0.29) is 23.5 Å². The fraction of sp³-hybridized carbons (Fsp3) is 0.857. The van der Waals surface area contributed by atoms with Crippen LogP contribution in [0.25, 0.3) is 0 Å². The summed E-state index contributed by atoms with van der Waals surface area (Å²) in [4.78, 5) is 10.5. The third-order valence-electron chi connectivity index (χ3n) is 3.25. The lowest BCUT2D eigenvalue weighted by Crippen LogP contribution is -2.22. The third kappa shape index (κ3) is 7.57. The first-order valence-corrected chi connectivity index (χ1v) is 7.41. The van der Waals surface area contributed by atoms with Crippen molar-refractivity contribution >= 4 is 0 Å². The molecule has 0 radical (unpaired) electrons. The van der Waals surface area contributed by atoms with Crippen LogP contribution in [-0.4, -0.2) is 36.1 Å². The number of nitro groups is 1. The standard InChI is InChI=1S/C14H25NO5/c16-10-4-1-7-13(15(17)18)8-2-5-11-19-14-9-3-6-12-20-14/h8,14,16H,1-7,9-12H2/b13-8-. The molecule has 0 bridgehead atoms. The van der Waals surface area contributed by atoms with E-state index in [0.29, 0.717) is 32.3 Å². The molecular weight excluding hydrogens is 262 g/mol. The molecule has 1 saturated heterocycles. The van der Waals surface area contributed by atoms with E-state index in [1.165, 1.54) is 0 Å². The molecule has 116 valence electrons. The van der Waals surface area contributed by atoms with Crippen molar-refractivity contribution in [3.63, 3.8) is 0 Å². The van der Waals surface area contributed by atoms with E-state index in [2.05, 4.69) is 0 Å². The van der Waals surface area contributed by atoms with Gasteiger partial charge in [-0.25, -0.2) is 0 Å². The SMILES string of the molecule is O=[N+]([O-])/C(=C\CCCOC1CCCCO1)CCCCO. The lowest BCUT2D eigenvalue weighted by atomic mass is 10.1. The van der Waals surface area contributed by atoms with Crippen LogP contribution in [-0.2, 0) is 9.47 Å². The molecule has 0 saturated carbocycles. The Labute approximate surface area is 119 Å². The summed E-state index contributed by atoms with van der Waals surface area (Å²) >= 11 is 0. The Morgan fingerprint density at radius 1 is 1.40 bits per heavy atom. The Kier molecular flexibility index (Phi) is 9.19. The van der Waals surface area contributed by atoms with Crippen LogP contribution in [0.4, 0.5) is 0 Å². The molecule has 0 aromatic rings. The molecule has 6 nitrogen and oxygen atoms in total. The van der Waals surface area contributed by atoms with E-state index in [1.54, 1.807) is 6.08 Å². The second-order valence-corrected chi connectivity index (χ2v) is 4.94. The van der Waals surface area contributed by atoms with Gasteiger partial charge in [0.05, 0.1) is 11.5 Å². The van der Waals surface area contributed by atoms with E-state index in [4.69, 9.17) is 14.6 Å². The molecule has 0 spiro atoms. The van der Waals surface area contributed by atoms with Crippen molar-refractivity contribution in [1.29, 1.82) is 0 Å². The molecule has 1 heterocycles. The van der Waals surface area contributed by atoms with Gasteiger partial charge >= 0.3 is 0 Å². The molecule has 0 aromatic heterocycles. The highest BCUT2D eigenvalue weighted by Crippen LogP contribution is 2.14. The van der Waals surface area contributed by atoms with Crippen molar-refractivity contribution in [2.24, 2.45) is 0 Å².